The summed E-state index contributed by atoms with van der Waals surface area (Å²) in [5.41, 5.74) is 0.871. The van der Waals surface area contributed by atoms with Crippen LogP contribution in [0.4, 0.5) is 0 Å². The van der Waals surface area contributed by atoms with Gasteiger partial charge in [-0.3, -0.25) is 0 Å². The number of nitrogens with one attached hydrogen (secondary N) is 1. The molecule has 1 aliphatic rings. The Hall–Kier alpha value is -0.630. The summed E-state index contributed by atoms with van der Waals surface area (Å²) in [6.45, 7) is 4.22. The third-order valence-electron chi connectivity index (χ3n) is 4.34. The average Bonchev–Trinajstić information content (AvgIpc) is 2.91. The Bertz CT molecular complexity index is 786. The summed E-state index contributed by atoms with van der Waals surface area (Å²) in [6.07, 6.45) is 4.33. The quantitative estimate of drug-likeness (QED) is 0.799. The number of rotatable bonds is 5. The Balaban J connectivity index is 1.85. The van der Waals surface area contributed by atoms with Crippen LogP contribution in [0.25, 0.3) is 10.2 Å². The zero-order chi connectivity index (χ0) is 16.4. The first kappa shape index (κ1) is 17.2. The van der Waals surface area contributed by atoms with E-state index in [-0.39, 0.29) is 6.04 Å². The molecule has 1 N–H and O–H groups in total. The summed E-state index contributed by atoms with van der Waals surface area (Å²) in [5, 5.41) is 0. The highest BCUT2D eigenvalue weighted by Crippen LogP contribution is 2.31. The summed E-state index contributed by atoms with van der Waals surface area (Å²) < 4.78 is 30.2. The number of hydrogen-bond donors (Lipinski definition) is 1. The first-order valence-corrected chi connectivity index (χ1v) is 11.3. The van der Waals surface area contributed by atoms with Crippen LogP contribution >= 0.6 is 23.1 Å². The van der Waals surface area contributed by atoms with Crippen molar-refractivity contribution < 1.29 is 8.42 Å². The smallest absolute Gasteiger partial charge is 0.230 e. The molecule has 0 saturated heterocycles. The highest BCUT2D eigenvalue weighted by atomic mass is 32.2. The van der Waals surface area contributed by atoms with Gasteiger partial charge < -0.3 is 0 Å². The molecule has 0 bridgehead atoms. The molecule has 4 nitrogen and oxygen atoms in total. The summed E-state index contributed by atoms with van der Waals surface area (Å²) in [4.78, 5) is 4.87. The molecule has 126 valence electrons. The molecule has 2 aromatic rings. The minimum atomic E-state index is -3.47. The molecule has 3 rings (SSSR count). The van der Waals surface area contributed by atoms with E-state index < -0.39 is 10.0 Å². The number of thioether (sulfide) groups is 1. The van der Waals surface area contributed by atoms with Gasteiger partial charge in [-0.15, -0.1) is 11.3 Å². The largest absolute Gasteiger partial charge is 0.240 e. The molecular formula is C16H22N2O2S3. The van der Waals surface area contributed by atoms with Crippen molar-refractivity contribution >= 4 is 43.3 Å². The standard InChI is InChI=1S/C16H22N2O2S3/c1-3-21-16-17-14-9-8-12(10-15(14)22-16)23(19,20)18-13-7-5-4-6-11(13)2/h8-11,13,18H,3-7H2,1-2H3. The third-order valence-corrected chi connectivity index (χ3v) is 7.87. The Morgan fingerprint density at radius 1 is 1.35 bits per heavy atom. The van der Waals surface area contributed by atoms with Gasteiger partial charge in [-0.05, 0) is 42.7 Å². The number of fused-ring (bicyclic) bond motifs is 1. The first-order valence-electron chi connectivity index (χ1n) is 8.05. The molecule has 0 amide bonds. The van der Waals surface area contributed by atoms with Gasteiger partial charge in [0.2, 0.25) is 10.0 Å². The van der Waals surface area contributed by atoms with E-state index in [0.29, 0.717) is 10.8 Å². The summed E-state index contributed by atoms with van der Waals surface area (Å²) in [6, 6.07) is 5.28. The van der Waals surface area contributed by atoms with Gasteiger partial charge in [0.15, 0.2) is 4.34 Å². The number of hydrogen-bond acceptors (Lipinski definition) is 5. The predicted molar refractivity (Wildman–Crippen MR) is 97.8 cm³/mol. The van der Waals surface area contributed by atoms with Gasteiger partial charge in [-0.25, -0.2) is 18.1 Å². The Kier molecular flexibility index (Phi) is 5.30. The van der Waals surface area contributed by atoms with E-state index in [1.165, 1.54) is 6.42 Å². The molecule has 1 aromatic carbocycles. The molecule has 0 radical (unpaired) electrons. The molecule has 0 spiro atoms. The molecule has 0 aliphatic heterocycles. The van der Waals surface area contributed by atoms with Gasteiger partial charge in [-0.2, -0.15) is 0 Å². The van der Waals surface area contributed by atoms with E-state index in [2.05, 4.69) is 23.6 Å². The molecule has 7 heteroatoms. The topological polar surface area (TPSA) is 59.1 Å². The van der Waals surface area contributed by atoms with E-state index in [0.717, 1.165) is 39.6 Å². The van der Waals surface area contributed by atoms with Gasteiger partial charge in [-0.1, -0.05) is 38.5 Å². The van der Waals surface area contributed by atoms with Crippen molar-refractivity contribution in [1.82, 2.24) is 9.71 Å². The molecule has 1 aromatic heterocycles. The summed E-state index contributed by atoms with van der Waals surface area (Å²) >= 11 is 3.24. The van der Waals surface area contributed by atoms with Gasteiger partial charge in [0.1, 0.15) is 0 Å². The predicted octanol–water partition coefficient (Wildman–Crippen LogP) is 4.27. The molecule has 1 aliphatic carbocycles. The fraction of sp³-hybridized carbons (Fsp3) is 0.562. The minimum Gasteiger partial charge on any atom is -0.230 e. The van der Waals surface area contributed by atoms with E-state index in [4.69, 9.17) is 0 Å². The number of aromatic nitrogens is 1. The van der Waals surface area contributed by atoms with Crippen LogP contribution in [0, 0.1) is 5.92 Å². The van der Waals surface area contributed by atoms with Crippen molar-refractivity contribution in [3.63, 3.8) is 0 Å². The van der Waals surface area contributed by atoms with Crippen LogP contribution in [-0.4, -0.2) is 25.2 Å². The van der Waals surface area contributed by atoms with E-state index in [1.54, 1.807) is 35.2 Å². The summed E-state index contributed by atoms with van der Waals surface area (Å²) in [5.74, 6) is 1.37. The first-order chi connectivity index (χ1) is 11.0. The maximum absolute atomic E-state index is 12.7. The number of nitrogens with zero attached hydrogens (tertiary/aromatic N) is 1. The molecule has 23 heavy (non-hydrogen) atoms. The van der Waals surface area contributed by atoms with Crippen molar-refractivity contribution in [3.05, 3.63) is 18.2 Å². The zero-order valence-corrected chi connectivity index (χ0v) is 15.9. The average molecular weight is 371 g/mol. The lowest BCUT2D eigenvalue weighted by Crippen LogP contribution is -2.40. The molecule has 1 saturated carbocycles. The fourth-order valence-electron chi connectivity index (χ4n) is 2.99. The maximum Gasteiger partial charge on any atom is 0.240 e. The van der Waals surface area contributed by atoms with Crippen LogP contribution in [0.5, 0.6) is 0 Å². The molecule has 1 fully saturated rings. The molecule has 2 atom stereocenters. The van der Waals surface area contributed by atoms with E-state index in [1.807, 2.05) is 6.07 Å². The van der Waals surface area contributed by atoms with Crippen LogP contribution in [0.15, 0.2) is 27.4 Å². The molecule has 1 heterocycles. The SMILES string of the molecule is CCSc1nc2ccc(S(=O)(=O)NC3CCCCC3C)cc2s1. The lowest BCUT2D eigenvalue weighted by Gasteiger charge is -2.29. The van der Waals surface area contributed by atoms with Gasteiger partial charge in [0, 0.05) is 6.04 Å². The second-order valence-corrected chi connectivity index (χ2v) is 10.3. The zero-order valence-electron chi connectivity index (χ0n) is 13.4. The monoisotopic (exact) mass is 370 g/mol. The second-order valence-electron chi connectivity index (χ2n) is 6.03. The van der Waals surface area contributed by atoms with Gasteiger partial charge in [0.25, 0.3) is 0 Å². The van der Waals surface area contributed by atoms with Crippen LogP contribution < -0.4 is 4.72 Å². The van der Waals surface area contributed by atoms with Crippen molar-refractivity contribution in [3.8, 4) is 0 Å². The van der Waals surface area contributed by atoms with Gasteiger partial charge in [0.05, 0.1) is 15.1 Å². The highest BCUT2D eigenvalue weighted by molar-refractivity contribution is 8.01. The van der Waals surface area contributed by atoms with Crippen molar-refractivity contribution in [1.29, 1.82) is 0 Å². The lowest BCUT2D eigenvalue weighted by molar-refractivity contribution is 0.310. The molecular weight excluding hydrogens is 348 g/mol. The molecule has 2 unspecified atom stereocenters. The third kappa shape index (κ3) is 3.90. The normalized spacial score (nSPS) is 22.5. The highest BCUT2D eigenvalue weighted by Gasteiger charge is 2.27. The Morgan fingerprint density at radius 2 is 2.13 bits per heavy atom. The van der Waals surface area contributed by atoms with Crippen molar-refractivity contribution in [2.45, 2.75) is 54.8 Å². The van der Waals surface area contributed by atoms with Crippen LogP contribution in [0.3, 0.4) is 0 Å². The van der Waals surface area contributed by atoms with Crippen molar-refractivity contribution in [2.75, 3.05) is 5.75 Å². The number of thiazole rings is 1. The lowest BCUT2D eigenvalue weighted by atomic mass is 9.87. The van der Waals surface area contributed by atoms with Crippen molar-refractivity contribution in [2.24, 2.45) is 5.92 Å². The summed E-state index contributed by atoms with van der Waals surface area (Å²) in [7, 11) is -3.47. The fourth-order valence-corrected chi connectivity index (χ4v) is 6.48. The van der Waals surface area contributed by atoms with Gasteiger partial charge >= 0.3 is 0 Å². The number of benzene rings is 1. The Morgan fingerprint density at radius 3 is 2.87 bits per heavy atom. The maximum atomic E-state index is 12.7. The minimum absolute atomic E-state index is 0.0529. The Labute approximate surface area is 146 Å². The second kappa shape index (κ2) is 7.09. The van der Waals surface area contributed by atoms with E-state index in [9.17, 15) is 8.42 Å². The van der Waals surface area contributed by atoms with Crippen LogP contribution in [0.1, 0.15) is 39.5 Å². The van der Waals surface area contributed by atoms with Crippen LogP contribution in [0.2, 0.25) is 0 Å². The van der Waals surface area contributed by atoms with E-state index >= 15 is 0 Å². The van der Waals surface area contributed by atoms with Crippen LogP contribution in [-0.2, 0) is 10.0 Å². The number of sulfonamides is 1.